The molecule has 0 saturated carbocycles. The zero-order valence-corrected chi connectivity index (χ0v) is 14.7. The highest BCUT2D eigenvalue weighted by atomic mass is 35.5. The maximum absolute atomic E-state index is 11.9. The molecule has 0 aliphatic carbocycles. The zero-order valence-electron chi connectivity index (χ0n) is 12.4. The van der Waals surface area contributed by atoms with Gasteiger partial charge in [-0.05, 0) is 41.9 Å². The zero-order chi connectivity index (χ0) is 16.9. The highest BCUT2D eigenvalue weighted by Gasteiger charge is 2.08. The molecule has 0 spiro atoms. The van der Waals surface area contributed by atoms with Crippen molar-refractivity contribution in [2.75, 3.05) is 11.9 Å². The lowest BCUT2D eigenvalue weighted by Gasteiger charge is -2.05. The van der Waals surface area contributed by atoms with Gasteiger partial charge in [-0.15, -0.1) is 0 Å². The smallest absolute Gasteiger partial charge is 0.359 e. The second kappa shape index (κ2) is 7.70. The van der Waals surface area contributed by atoms with Crippen molar-refractivity contribution in [1.29, 1.82) is 0 Å². The van der Waals surface area contributed by atoms with E-state index in [0.717, 1.165) is 5.75 Å². The molecule has 1 heterocycles. The molecule has 0 atom stereocenters. The van der Waals surface area contributed by atoms with Crippen molar-refractivity contribution in [1.82, 2.24) is 8.94 Å². The normalized spacial score (nSPS) is 10.6. The first kappa shape index (κ1) is 16.8. The predicted molar refractivity (Wildman–Crippen MR) is 98.1 cm³/mol. The Hall–Kier alpha value is -2.02. The number of ether oxygens (including phenoxy) is 1. The lowest BCUT2D eigenvalue weighted by molar-refractivity contribution is 0.301. The van der Waals surface area contributed by atoms with Gasteiger partial charge >= 0.3 is 5.69 Å². The van der Waals surface area contributed by atoms with Crippen molar-refractivity contribution in [2.24, 2.45) is 0 Å². The Morgan fingerprint density at radius 1 is 1.12 bits per heavy atom. The predicted octanol–water partition coefficient (Wildman–Crippen LogP) is 4.43. The standard InChI is InChI=1S/C16H13Cl2N3O2S/c17-13-7-6-11(10-14(13)18)19-15-20-16(22)21(24-15)8-9-23-12-4-2-1-3-5-12/h1-7,10H,8-9H2,(H,19,20,22). The minimum absolute atomic E-state index is 0.320. The second-order valence-electron chi connectivity index (χ2n) is 4.81. The first-order valence-electron chi connectivity index (χ1n) is 7.10. The molecule has 0 fully saturated rings. The molecule has 0 bridgehead atoms. The Labute approximate surface area is 152 Å². The van der Waals surface area contributed by atoms with E-state index in [0.29, 0.717) is 34.0 Å². The van der Waals surface area contributed by atoms with Crippen LogP contribution in [-0.2, 0) is 6.54 Å². The molecule has 0 saturated heterocycles. The molecular formula is C16H13Cl2N3O2S. The van der Waals surface area contributed by atoms with Crippen LogP contribution in [0.25, 0.3) is 0 Å². The maximum atomic E-state index is 11.9. The van der Waals surface area contributed by atoms with Crippen molar-refractivity contribution in [3.05, 3.63) is 69.1 Å². The third-order valence-corrected chi connectivity index (χ3v) is 4.75. The number of nitrogens with zero attached hydrogens (tertiary/aromatic N) is 2. The number of halogens is 2. The molecule has 0 aliphatic heterocycles. The fraction of sp³-hybridized carbons (Fsp3) is 0.125. The van der Waals surface area contributed by atoms with Crippen LogP contribution in [-0.4, -0.2) is 15.5 Å². The van der Waals surface area contributed by atoms with Gasteiger partial charge in [0, 0.05) is 5.69 Å². The quantitative estimate of drug-likeness (QED) is 0.685. The molecule has 0 radical (unpaired) electrons. The lowest BCUT2D eigenvalue weighted by atomic mass is 10.3. The van der Waals surface area contributed by atoms with Gasteiger partial charge in [-0.1, -0.05) is 41.4 Å². The third-order valence-electron chi connectivity index (χ3n) is 3.08. The van der Waals surface area contributed by atoms with Gasteiger partial charge in [-0.25, -0.2) is 8.75 Å². The third kappa shape index (κ3) is 4.29. The molecule has 24 heavy (non-hydrogen) atoms. The summed E-state index contributed by atoms with van der Waals surface area (Å²) in [5.74, 6) is 0.768. The van der Waals surface area contributed by atoms with Gasteiger partial charge in [-0.2, -0.15) is 4.98 Å². The van der Waals surface area contributed by atoms with Crippen molar-refractivity contribution in [3.63, 3.8) is 0 Å². The van der Waals surface area contributed by atoms with E-state index < -0.39 is 0 Å². The fourth-order valence-electron chi connectivity index (χ4n) is 1.96. The molecule has 3 aromatic rings. The summed E-state index contributed by atoms with van der Waals surface area (Å²) >= 11 is 13.1. The molecule has 1 N–H and O–H groups in total. The second-order valence-corrected chi connectivity index (χ2v) is 6.63. The van der Waals surface area contributed by atoms with Crippen molar-refractivity contribution in [3.8, 4) is 5.75 Å². The summed E-state index contributed by atoms with van der Waals surface area (Å²) in [6, 6.07) is 14.6. The first-order valence-corrected chi connectivity index (χ1v) is 8.63. The van der Waals surface area contributed by atoms with Gasteiger partial charge in [0.25, 0.3) is 0 Å². The highest BCUT2D eigenvalue weighted by molar-refractivity contribution is 7.10. The van der Waals surface area contributed by atoms with Crippen LogP contribution < -0.4 is 15.7 Å². The molecule has 124 valence electrons. The van der Waals surface area contributed by atoms with Crippen molar-refractivity contribution < 1.29 is 4.74 Å². The van der Waals surface area contributed by atoms with E-state index in [-0.39, 0.29) is 5.69 Å². The Morgan fingerprint density at radius 3 is 2.67 bits per heavy atom. The molecule has 5 nitrogen and oxygen atoms in total. The Kier molecular flexibility index (Phi) is 5.40. The van der Waals surface area contributed by atoms with Crippen LogP contribution in [0.1, 0.15) is 0 Å². The summed E-state index contributed by atoms with van der Waals surface area (Å²) in [7, 11) is 0. The fourth-order valence-corrected chi connectivity index (χ4v) is 3.03. The van der Waals surface area contributed by atoms with E-state index in [2.05, 4.69) is 10.3 Å². The van der Waals surface area contributed by atoms with Gasteiger partial charge in [0.2, 0.25) is 5.13 Å². The summed E-state index contributed by atoms with van der Waals surface area (Å²) in [4.78, 5) is 15.9. The molecule has 8 heteroatoms. The Bertz CT molecular complexity index is 881. The van der Waals surface area contributed by atoms with Crippen molar-refractivity contribution >= 4 is 45.6 Å². The van der Waals surface area contributed by atoms with Crippen LogP contribution in [0.2, 0.25) is 10.0 Å². The Balaban J connectivity index is 1.62. The van der Waals surface area contributed by atoms with Crippen molar-refractivity contribution in [2.45, 2.75) is 6.54 Å². The highest BCUT2D eigenvalue weighted by Crippen LogP contribution is 2.27. The molecule has 0 aliphatic rings. The Morgan fingerprint density at radius 2 is 1.92 bits per heavy atom. The summed E-state index contributed by atoms with van der Waals surface area (Å²) in [6.45, 7) is 0.812. The maximum Gasteiger partial charge on any atom is 0.359 e. The number of anilines is 2. The summed E-state index contributed by atoms with van der Waals surface area (Å²) in [5.41, 5.74) is 0.394. The van der Waals surface area contributed by atoms with Crippen LogP contribution in [0.5, 0.6) is 5.75 Å². The van der Waals surface area contributed by atoms with Gasteiger partial charge in [-0.3, -0.25) is 0 Å². The van der Waals surface area contributed by atoms with E-state index in [1.165, 1.54) is 15.5 Å². The van der Waals surface area contributed by atoms with Gasteiger partial charge in [0.15, 0.2) is 0 Å². The van der Waals surface area contributed by atoms with Gasteiger partial charge in [0.1, 0.15) is 12.4 Å². The SMILES string of the molecule is O=c1nc(Nc2ccc(Cl)c(Cl)c2)sn1CCOc1ccccc1. The van der Waals surface area contributed by atoms with E-state index in [1.807, 2.05) is 30.3 Å². The number of aromatic nitrogens is 2. The number of nitrogens with one attached hydrogen (secondary N) is 1. The number of para-hydroxylation sites is 1. The van der Waals surface area contributed by atoms with Crippen LogP contribution >= 0.6 is 34.7 Å². The monoisotopic (exact) mass is 381 g/mol. The number of hydrogen-bond acceptors (Lipinski definition) is 5. The topological polar surface area (TPSA) is 56.2 Å². The average Bonchev–Trinajstić information content (AvgIpc) is 2.92. The van der Waals surface area contributed by atoms with E-state index >= 15 is 0 Å². The van der Waals surface area contributed by atoms with E-state index in [9.17, 15) is 4.79 Å². The molecule has 0 unspecified atom stereocenters. The minimum Gasteiger partial charge on any atom is -0.492 e. The number of hydrogen-bond donors (Lipinski definition) is 1. The van der Waals surface area contributed by atoms with Crippen LogP contribution in [0.4, 0.5) is 10.8 Å². The van der Waals surface area contributed by atoms with Crippen LogP contribution in [0, 0.1) is 0 Å². The average molecular weight is 382 g/mol. The van der Waals surface area contributed by atoms with Gasteiger partial charge < -0.3 is 10.1 Å². The number of benzene rings is 2. The summed E-state index contributed by atoms with van der Waals surface area (Å²) < 4.78 is 7.12. The summed E-state index contributed by atoms with van der Waals surface area (Å²) in [6.07, 6.45) is 0. The molecule has 2 aromatic carbocycles. The largest absolute Gasteiger partial charge is 0.492 e. The lowest BCUT2D eigenvalue weighted by Crippen LogP contribution is -2.18. The van der Waals surface area contributed by atoms with Crippen LogP contribution in [0.15, 0.2) is 53.3 Å². The van der Waals surface area contributed by atoms with E-state index in [1.54, 1.807) is 18.2 Å². The molecule has 3 rings (SSSR count). The summed E-state index contributed by atoms with van der Waals surface area (Å²) in [5, 5.41) is 4.43. The van der Waals surface area contributed by atoms with Crippen LogP contribution in [0.3, 0.4) is 0 Å². The molecule has 1 aromatic heterocycles. The minimum atomic E-state index is -0.320. The first-order chi connectivity index (χ1) is 11.6. The van der Waals surface area contributed by atoms with Gasteiger partial charge in [0.05, 0.1) is 16.6 Å². The van der Waals surface area contributed by atoms with E-state index in [4.69, 9.17) is 27.9 Å². The molecular weight excluding hydrogens is 369 g/mol. The number of rotatable bonds is 6. The molecule has 0 amide bonds.